The van der Waals surface area contributed by atoms with Crippen LogP contribution in [0.15, 0.2) is 83.5 Å². The van der Waals surface area contributed by atoms with Crippen LogP contribution in [0.4, 0.5) is 22.9 Å². The fourth-order valence-corrected chi connectivity index (χ4v) is 5.52. The molecule has 7 rings (SSSR count). The second kappa shape index (κ2) is 8.98. The Kier molecular flexibility index (Phi) is 5.29. The lowest BCUT2D eigenvalue weighted by molar-refractivity contribution is 0.0697. The summed E-state index contributed by atoms with van der Waals surface area (Å²) < 4.78 is 5.89. The van der Waals surface area contributed by atoms with Crippen molar-refractivity contribution in [2.75, 3.05) is 41.3 Å². The normalized spacial score (nSPS) is 14.4. The van der Waals surface area contributed by atoms with E-state index >= 15 is 0 Å². The number of benzene rings is 3. The highest BCUT2D eigenvalue weighted by Gasteiger charge is 2.34. The third-order valence-corrected chi connectivity index (χ3v) is 7.40. The van der Waals surface area contributed by atoms with Crippen molar-refractivity contribution in [1.29, 1.82) is 0 Å². The Morgan fingerprint density at radius 2 is 1.59 bits per heavy atom. The summed E-state index contributed by atoms with van der Waals surface area (Å²) in [6, 6.07) is 21.8. The second-order valence-corrected chi connectivity index (χ2v) is 9.57. The summed E-state index contributed by atoms with van der Waals surface area (Å²) in [6.45, 7) is 2.94. The topological polar surface area (TPSA) is 112 Å². The average molecular weight is 518 g/mol. The van der Waals surface area contributed by atoms with Gasteiger partial charge in [0.15, 0.2) is 11.5 Å². The van der Waals surface area contributed by atoms with Crippen LogP contribution in [0.5, 0.6) is 0 Å². The number of nitrogens with zero attached hydrogens (tertiary/aromatic N) is 4. The molecule has 1 aliphatic carbocycles. The summed E-state index contributed by atoms with van der Waals surface area (Å²) >= 11 is 0. The predicted molar refractivity (Wildman–Crippen MR) is 148 cm³/mol. The largest absolute Gasteiger partial charge is 0.478 e. The van der Waals surface area contributed by atoms with Crippen LogP contribution in [-0.2, 0) is 0 Å². The number of carboxylic acid groups (broad SMARTS) is 1. The molecule has 2 N–H and O–H groups in total. The molecule has 39 heavy (non-hydrogen) atoms. The molecule has 0 amide bonds. The van der Waals surface area contributed by atoms with Gasteiger partial charge in [0.1, 0.15) is 11.3 Å². The molecule has 3 aromatic carbocycles. The molecule has 0 bridgehead atoms. The standard InChI is InChI=1S/C30H23N5O4/c36-28-18-7-1-2-8-19(18)29-26-25(28)22(32-21-10-4-3-9-20(21)30(37)38)17-23(27(26)33-39-29)34-13-15-35(16-14-34)24-11-5-6-12-31-24/h1-12,17,32H,13-16H2,(H,37,38). The highest BCUT2D eigenvalue weighted by atomic mass is 16.5. The molecular weight excluding hydrogens is 494 g/mol. The Hall–Kier alpha value is -5.18. The Labute approximate surface area is 223 Å². The Morgan fingerprint density at radius 1 is 0.872 bits per heavy atom. The van der Waals surface area contributed by atoms with E-state index in [1.807, 2.05) is 42.5 Å². The van der Waals surface area contributed by atoms with Gasteiger partial charge in [-0.05, 0) is 30.3 Å². The molecule has 0 radical (unpaired) electrons. The summed E-state index contributed by atoms with van der Waals surface area (Å²) in [6.07, 6.45) is 1.79. The number of carbonyl (C=O) groups is 2. The highest BCUT2D eigenvalue weighted by molar-refractivity contribution is 6.29. The molecule has 5 aromatic rings. The Bertz CT molecular complexity index is 1760. The Balaban J connectivity index is 1.36. The molecule has 1 aliphatic heterocycles. The summed E-state index contributed by atoms with van der Waals surface area (Å²) in [5.41, 5.74) is 4.12. The SMILES string of the molecule is O=C(O)c1ccccc1Nc1cc(N2CCN(c3ccccn3)CC2)c2noc3c2c1C(=O)c1ccccc1-3. The minimum absolute atomic E-state index is 0.115. The van der Waals surface area contributed by atoms with E-state index in [4.69, 9.17) is 4.52 Å². The first-order valence-corrected chi connectivity index (χ1v) is 12.7. The number of hydrogen-bond donors (Lipinski definition) is 2. The van der Waals surface area contributed by atoms with E-state index in [0.29, 0.717) is 57.8 Å². The van der Waals surface area contributed by atoms with Gasteiger partial charge in [-0.1, -0.05) is 47.6 Å². The summed E-state index contributed by atoms with van der Waals surface area (Å²) in [5.74, 6) is 0.263. The number of anilines is 4. The van der Waals surface area contributed by atoms with E-state index in [9.17, 15) is 14.7 Å². The molecule has 2 aromatic heterocycles. The van der Waals surface area contributed by atoms with Crippen molar-refractivity contribution >= 4 is 45.5 Å². The van der Waals surface area contributed by atoms with Gasteiger partial charge >= 0.3 is 5.97 Å². The van der Waals surface area contributed by atoms with Crippen LogP contribution in [0, 0.1) is 0 Å². The van der Waals surface area contributed by atoms with Crippen molar-refractivity contribution in [2.45, 2.75) is 0 Å². The summed E-state index contributed by atoms with van der Waals surface area (Å²) in [5, 5.41) is 18.1. The third-order valence-electron chi connectivity index (χ3n) is 7.40. The van der Waals surface area contributed by atoms with Gasteiger partial charge in [0.05, 0.1) is 33.6 Å². The number of fused-ring (bicyclic) bond motifs is 2. The van der Waals surface area contributed by atoms with Crippen LogP contribution >= 0.6 is 0 Å². The van der Waals surface area contributed by atoms with Gasteiger partial charge in [0, 0.05) is 43.5 Å². The number of nitrogens with one attached hydrogen (secondary N) is 1. The maximum Gasteiger partial charge on any atom is 0.337 e. The number of ketones is 1. The zero-order valence-corrected chi connectivity index (χ0v) is 20.8. The number of aromatic nitrogens is 2. The zero-order valence-electron chi connectivity index (χ0n) is 20.8. The lowest BCUT2D eigenvalue weighted by atomic mass is 9.86. The molecule has 0 spiro atoms. The van der Waals surface area contributed by atoms with Crippen molar-refractivity contribution in [2.24, 2.45) is 0 Å². The quantitative estimate of drug-likeness (QED) is 0.319. The van der Waals surface area contributed by atoms with Gasteiger partial charge in [0.25, 0.3) is 0 Å². The first-order chi connectivity index (χ1) is 19.1. The molecule has 2 aliphatic rings. The molecule has 0 saturated carbocycles. The van der Waals surface area contributed by atoms with E-state index in [2.05, 4.69) is 25.3 Å². The molecule has 9 nitrogen and oxygen atoms in total. The molecular formula is C30H23N5O4. The second-order valence-electron chi connectivity index (χ2n) is 9.57. The molecule has 1 fully saturated rings. The number of pyridine rings is 1. The highest BCUT2D eigenvalue weighted by Crippen LogP contribution is 2.46. The monoisotopic (exact) mass is 517 g/mol. The van der Waals surface area contributed by atoms with E-state index < -0.39 is 5.97 Å². The van der Waals surface area contributed by atoms with Gasteiger partial charge in [-0.25, -0.2) is 9.78 Å². The van der Waals surface area contributed by atoms with Gasteiger partial charge in [-0.3, -0.25) is 4.79 Å². The third kappa shape index (κ3) is 3.70. The maximum atomic E-state index is 13.9. The number of carboxylic acids is 1. The number of piperazine rings is 1. The van der Waals surface area contributed by atoms with Crippen molar-refractivity contribution < 1.29 is 19.2 Å². The minimum atomic E-state index is -1.05. The van der Waals surface area contributed by atoms with Crippen LogP contribution in [0.2, 0.25) is 0 Å². The number of para-hydroxylation sites is 1. The fourth-order valence-electron chi connectivity index (χ4n) is 5.52. The van der Waals surface area contributed by atoms with Crippen molar-refractivity contribution in [3.8, 4) is 11.3 Å². The van der Waals surface area contributed by atoms with Crippen molar-refractivity contribution in [3.05, 3.63) is 95.7 Å². The van der Waals surface area contributed by atoms with Crippen LogP contribution in [0.3, 0.4) is 0 Å². The van der Waals surface area contributed by atoms with Crippen LogP contribution in [0.25, 0.3) is 22.2 Å². The molecule has 1 saturated heterocycles. The molecule has 0 unspecified atom stereocenters. The average Bonchev–Trinajstić information content (AvgIpc) is 3.42. The number of hydrogen-bond acceptors (Lipinski definition) is 8. The minimum Gasteiger partial charge on any atom is -0.478 e. The van der Waals surface area contributed by atoms with Crippen LogP contribution < -0.4 is 15.1 Å². The van der Waals surface area contributed by atoms with E-state index in [1.54, 1.807) is 30.5 Å². The van der Waals surface area contributed by atoms with Gasteiger partial charge in [-0.15, -0.1) is 0 Å². The molecule has 0 atom stereocenters. The van der Waals surface area contributed by atoms with Crippen molar-refractivity contribution in [1.82, 2.24) is 10.1 Å². The zero-order chi connectivity index (χ0) is 26.5. The lowest BCUT2D eigenvalue weighted by Crippen LogP contribution is -2.47. The predicted octanol–water partition coefficient (Wildman–Crippen LogP) is 5.20. The maximum absolute atomic E-state index is 13.9. The van der Waals surface area contributed by atoms with Crippen LogP contribution in [-0.4, -0.2) is 53.2 Å². The number of carbonyl (C=O) groups excluding carboxylic acids is 1. The smallest absolute Gasteiger partial charge is 0.337 e. The molecule has 9 heteroatoms. The number of aromatic carboxylic acids is 1. The van der Waals surface area contributed by atoms with Crippen LogP contribution in [0.1, 0.15) is 26.3 Å². The van der Waals surface area contributed by atoms with E-state index in [1.165, 1.54) is 6.07 Å². The van der Waals surface area contributed by atoms with E-state index in [-0.39, 0.29) is 11.3 Å². The summed E-state index contributed by atoms with van der Waals surface area (Å²) in [4.78, 5) is 34.7. The Morgan fingerprint density at radius 3 is 2.36 bits per heavy atom. The first-order valence-electron chi connectivity index (χ1n) is 12.7. The van der Waals surface area contributed by atoms with Gasteiger partial charge in [0.2, 0.25) is 0 Å². The van der Waals surface area contributed by atoms with Gasteiger partial charge in [-0.2, -0.15) is 0 Å². The van der Waals surface area contributed by atoms with Crippen molar-refractivity contribution in [3.63, 3.8) is 0 Å². The van der Waals surface area contributed by atoms with Gasteiger partial charge < -0.3 is 24.7 Å². The van der Waals surface area contributed by atoms with E-state index in [0.717, 1.165) is 24.6 Å². The first kappa shape index (κ1) is 23.0. The lowest BCUT2D eigenvalue weighted by Gasteiger charge is -2.37. The summed E-state index contributed by atoms with van der Waals surface area (Å²) in [7, 11) is 0. The molecule has 192 valence electrons. The molecule has 3 heterocycles. The number of rotatable bonds is 5. The fraction of sp³-hybridized carbons (Fsp3) is 0.133.